The van der Waals surface area contributed by atoms with Gasteiger partial charge in [0.05, 0.1) is 12.8 Å². The van der Waals surface area contributed by atoms with Crippen molar-refractivity contribution >= 4 is 28.9 Å². The van der Waals surface area contributed by atoms with Gasteiger partial charge in [0.25, 0.3) is 0 Å². The van der Waals surface area contributed by atoms with Crippen LogP contribution in [-0.2, 0) is 16.1 Å². The van der Waals surface area contributed by atoms with Crippen LogP contribution in [0.3, 0.4) is 0 Å². The number of carbonyl (C=O) groups excluding carboxylic acids is 2. The minimum atomic E-state index is -0.439. The summed E-state index contributed by atoms with van der Waals surface area (Å²) in [6.07, 6.45) is 3.75. The Bertz CT molecular complexity index is 604. The van der Waals surface area contributed by atoms with Gasteiger partial charge < -0.3 is 10.1 Å². The summed E-state index contributed by atoms with van der Waals surface area (Å²) in [6.45, 7) is 2.33. The zero-order chi connectivity index (χ0) is 14.5. The van der Waals surface area contributed by atoms with Crippen molar-refractivity contribution < 1.29 is 14.3 Å². The van der Waals surface area contributed by atoms with Crippen molar-refractivity contribution in [2.45, 2.75) is 19.9 Å². The molecule has 6 nitrogen and oxygen atoms in total. The Morgan fingerprint density at radius 3 is 2.95 bits per heavy atom. The predicted octanol–water partition coefficient (Wildman–Crippen LogP) is 2.07. The van der Waals surface area contributed by atoms with Gasteiger partial charge in [-0.2, -0.15) is 5.10 Å². The molecule has 0 atom stereocenters. The Labute approximate surface area is 120 Å². The second-order valence-electron chi connectivity index (χ2n) is 4.18. The van der Waals surface area contributed by atoms with Gasteiger partial charge >= 0.3 is 5.97 Å². The van der Waals surface area contributed by atoms with Crippen LogP contribution in [0.25, 0.3) is 0 Å². The monoisotopic (exact) mass is 293 g/mol. The summed E-state index contributed by atoms with van der Waals surface area (Å²) in [4.78, 5) is 23.9. The van der Waals surface area contributed by atoms with Gasteiger partial charge in [-0.05, 0) is 23.9 Å². The van der Waals surface area contributed by atoms with Crippen LogP contribution in [0, 0.1) is 6.92 Å². The summed E-state index contributed by atoms with van der Waals surface area (Å²) in [5, 5.41) is 8.61. The third-order valence-corrected chi connectivity index (χ3v) is 3.82. The lowest BCUT2D eigenvalue weighted by Gasteiger charge is -2.07. The Kier molecular flexibility index (Phi) is 4.52. The first-order valence-corrected chi connectivity index (χ1v) is 6.93. The lowest BCUT2D eigenvalue weighted by Crippen LogP contribution is -2.16. The van der Waals surface area contributed by atoms with Crippen LogP contribution in [0.5, 0.6) is 0 Å². The topological polar surface area (TPSA) is 73.2 Å². The molecule has 2 aromatic heterocycles. The van der Waals surface area contributed by atoms with E-state index in [-0.39, 0.29) is 12.3 Å². The van der Waals surface area contributed by atoms with Crippen molar-refractivity contribution in [3.8, 4) is 0 Å². The highest BCUT2D eigenvalue weighted by Crippen LogP contribution is 2.28. The molecule has 0 spiro atoms. The quantitative estimate of drug-likeness (QED) is 0.856. The zero-order valence-electron chi connectivity index (χ0n) is 11.3. The number of ether oxygens (including phenoxy) is 1. The van der Waals surface area contributed by atoms with E-state index in [1.807, 2.05) is 12.3 Å². The number of carbonyl (C=O) groups is 2. The smallest absolute Gasteiger partial charge is 0.350 e. The van der Waals surface area contributed by atoms with Crippen LogP contribution in [0.15, 0.2) is 23.8 Å². The number of nitrogens with zero attached hydrogens (tertiary/aromatic N) is 2. The van der Waals surface area contributed by atoms with Crippen LogP contribution in [-0.4, -0.2) is 28.8 Å². The summed E-state index contributed by atoms with van der Waals surface area (Å²) in [6, 6.07) is 1.80. The maximum absolute atomic E-state index is 11.9. The van der Waals surface area contributed by atoms with Gasteiger partial charge in [0.2, 0.25) is 5.91 Å². The predicted molar refractivity (Wildman–Crippen MR) is 75.9 cm³/mol. The van der Waals surface area contributed by atoms with Gasteiger partial charge in [-0.3, -0.25) is 9.48 Å². The second-order valence-corrected chi connectivity index (χ2v) is 5.06. The van der Waals surface area contributed by atoms with Crippen molar-refractivity contribution in [2.75, 3.05) is 12.4 Å². The van der Waals surface area contributed by atoms with E-state index in [4.69, 9.17) is 4.74 Å². The first-order valence-electron chi connectivity index (χ1n) is 6.05. The van der Waals surface area contributed by atoms with Crippen molar-refractivity contribution in [3.05, 3.63) is 34.3 Å². The number of nitrogens with one attached hydrogen (secondary N) is 1. The van der Waals surface area contributed by atoms with Gasteiger partial charge in [-0.25, -0.2) is 4.79 Å². The summed E-state index contributed by atoms with van der Waals surface area (Å²) in [5.41, 5.74) is 1.38. The summed E-state index contributed by atoms with van der Waals surface area (Å²) >= 11 is 1.26. The Balaban J connectivity index is 2.00. The van der Waals surface area contributed by atoms with E-state index < -0.39 is 5.97 Å². The molecule has 0 fully saturated rings. The Morgan fingerprint density at radius 1 is 1.50 bits per heavy atom. The average Bonchev–Trinajstić information content (AvgIpc) is 3.07. The van der Waals surface area contributed by atoms with Gasteiger partial charge in [0.15, 0.2) is 0 Å². The number of aryl methyl sites for hydroxylation is 2. The molecule has 0 bridgehead atoms. The van der Waals surface area contributed by atoms with Gasteiger partial charge in [0.1, 0.15) is 4.88 Å². The lowest BCUT2D eigenvalue weighted by molar-refractivity contribution is -0.116. The molecule has 0 saturated carbocycles. The van der Waals surface area contributed by atoms with Crippen molar-refractivity contribution in [2.24, 2.45) is 0 Å². The molecular formula is C13H15N3O3S. The SMILES string of the molecule is COC(=O)c1scc(C)c1NC(=O)CCn1cccn1. The van der Waals surface area contributed by atoms with Crippen molar-refractivity contribution in [3.63, 3.8) is 0 Å². The van der Waals surface area contributed by atoms with Gasteiger partial charge in [0, 0.05) is 25.4 Å². The molecule has 0 aliphatic heterocycles. The molecule has 1 amide bonds. The third-order valence-electron chi connectivity index (χ3n) is 2.74. The molecule has 7 heteroatoms. The largest absolute Gasteiger partial charge is 0.465 e. The molecule has 0 aromatic carbocycles. The fourth-order valence-corrected chi connectivity index (χ4v) is 2.62. The highest BCUT2D eigenvalue weighted by Gasteiger charge is 2.18. The molecule has 0 saturated heterocycles. The molecule has 2 rings (SSSR count). The van der Waals surface area contributed by atoms with Crippen LogP contribution in [0.4, 0.5) is 5.69 Å². The minimum absolute atomic E-state index is 0.160. The number of amides is 1. The van der Waals surface area contributed by atoms with Crippen molar-refractivity contribution in [1.29, 1.82) is 0 Å². The zero-order valence-corrected chi connectivity index (χ0v) is 12.1. The molecule has 106 valence electrons. The van der Waals surface area contributed by atoms with Crippen LogP contribution >= 0.6 is 11.3 Å². The summed E-state index contributed by atoms with van der Waals surface area (Å²) < 4.78 is 6.38. The van der Waals surface area contributed by atoms with Crippen LogP contribution < -0.4 is 5.32 Å². The molecule has 0 aliphatic carbocycles. The standard InChI is InChI=1S/C13H15N3O3S/c1-9-8-20-12(13(18)19-2)11(9)15-10(17)4-7-16-6-3-5-14-16/h3,5-6,8H,4,7H2,1-2H3,(H,15,17). The molecule has 0 aliphatic rings. The normalized spacial score (nSPS) is 10.3. The highest BCUT2D eigenvalue weighted by molar-refractivity contribution is 7.12. The fourth-order valence-electron chi connectivity index (χ4n) is 1.69. The van der Waals surface area contributed by atoms with Gasteiger partial charge in [-0.15, -0.1) is 11.3 Å². The molecule has 2 aromatic rings. The fraction of sp³-hybridized carbons (Fsp3) is 0.308. The lowest BCUT2D eigenvalue weighted by atomic mass is 10.2. The number of hydrogen-bond acceptors (Lipinski definition) is 5. The van der Waals surface area contributed by atoms with E-state index in [9.17, 15) is 9.59 Å². The van der Waals surface area contributed by atoms with E-state index >= 15 is 0 Å². The van der Waals surface area contributed by atoms with E-state index in [0.717, 1.165) is 5.56 Å². The van der Waals surface area contributed by atoms with Crippen LogP contribution in [0.2, 0.25) is 0 Å². The maximum Gasteiger partial charge on any atom is 0.350 e. The first kappa shape index (κ1) is 14.3. The Morgan fingerprint density at radius 2 is 2.30 bits per heavy atom. The summed E-state index contributed by atoms with van der Waals surface area (Å²) in [7, 11) is 1.32. The number of aromatic nitrogens is 2. The number of methoxy groups -OCH3 is 1. The van der Waals surface area contributed by atoms with Crippen LogP contribution in [0.1, 0.15) is 21.7 Å². The highest BCUT2D eigenvalue weighted by atomic mass is 32.1. The second kappa shape index (κ2) is 6.33. The number of esters is 1. The van der Waals surface area contributed by atoms with E-state index in [1.54, 1.807) is 23.1 Å². The van der Waals surface area contributed by atoms with Crippen molar-refractivity contribution in [1.82, 2.24) is 9.78 Å². The average molecular weight is 293 g/mol. The number of thiophene rings is 1. The number of rotatable bonds is 5. The van der Waals surface area contributed by atoms with E-state index in [0.29, 0.717) is 17.1 Å². The third kappa shape index (κ3) is 3.24. The summed E-state index contributed by atoms with van der Waals surface area (Å²) in [5.74, 6) is -0.599. The molecule has 2 heterocycles. The van der Waals surface area contributed by atoms with Gasteiger partial charge in [-0.1, -0.05) is 0 Å². The molecule has 0 unspecified atom stereocenters. The maximum atomic E-state index is 11.9. The number of anilines is 1. The minimum Gasteiger partial charge on any atom is -0.465 e. The molecule has 1 N–H and O–H groups in total. The van der Waals surface area contributed by atoms with E-state index in [1.165, 1.54) is 18.4 Å². The van der Waals surface area contributed by atoms with E-state index in [2.05, 4.69) is 10.4 Å². The first-order chi connectivity index (χ1) is 9.61. The number of hydrogen-bond donors (Lipinski definition) is 1. The molecular weight excluding hydrogens is 278 g/mol. The molecule has 20 heavy (non-hydrogen) atoms. The molecule has 0 radical (unpaired) electrons. The Hall–Kier alpha value is -2.15.